The molecule has 3 rings (SSSR count). The summed E-state index contributed by atoms with van der Waals surface area (Å²) in [6.07, 6.45) is 1.03. The quantitative estimate of drug-likeness (QED) is 0.738. The molecule has 0 bridgehead atoms. The number of phenols is 1. The van der Waals surface area contributed by atoms with Crippen LogP contribution in [0.15, 0.2) is 48.5 Å². The largest absolute Gasteiger partial charge is 0.508 e. The third-order valence-electron chi connectivity index (χ3n) is 3.63. The monoisotopic (exact) mass is 278 g/mol. The number of nitrogens with zero attached hydrogens (tertiary/aromatic N) is 1. The van der Waals surface area contributed by atoms with Crippen molar-refractivity contribution in [1.29, 1.82) is 0 Å². The number of benzene rings is 2. The third kappa shape index (κ3) is 2.82. The minimum absolute atomic E-state index is 0.235. The van der Waals surface area contributed by atoms with Crippen molar-refractivity contribution in [1.82, 2.24) is 4.98 Å². The molecule has 0 aliphatic carbocycles. The summed E-state index contributed by atoms with van der Waals surface area (Å²) in [5.74, 6) is 1.02. The third-order valence-corrected chi connectivity index (χ3v) is 3.63. The fourth-order valence-electron chi connectivity index (χ4n) is 2.43. The van der Waals surface area contributed by atoms with E-state index in [1.807, 2.05) is 19.1 Å². The van der Waals surface area contributed by atoms with Crippen LogP contribution in [0.1, 0.15) is 18.1 Å². The molecule has 0 atom stereocenters. The van der Waals surface area contributed by atoms with Crippen LogP contribution in [0.3, 0.4) is 0 Å². The van der Waals surface area contributed by atoms with E-state index in [1.165, 1.54) is 5.56 Å². The Labute approximate surface area is 124 Å². The first-order chi connectivity index (χ1) is 10.2. The predicted octanol–water partition coefficient (Wildman–Crippen LogP) is 4.55. The topological polar surface area (TPSA) is 45.1 Å². The number of pyridine rings is 1. The molecule has 106 valence electrons. The molecule has 1 heterocycles. The van der Waals surface area contributed by atoms with Crippen molar-refractivity contribution in [3.05, 3.63) is 59.7 Å². The van der Waals surface area contributed by atoms with Crippen LogP contribution in [-0.4, -0.2) is 10.1 Å². The molecule has 0 amide bonds. The summed E-state index contributed by atoms with van der Waals surface area (Å²) in [6, 6.07) is 15.6. The number of phenolic OH excluding ortho intramolecular Hbond substituents is 1. The summed E-state index contributed by atoms with van der Waals surface area (Å²) in [5.41, 5.74) is 4.25. The first-order valence-corrected chi connectivity index (χ1v) is 7.12. The number of aromatic hydroxyl groups is 1. The van der Waals surface area contributed by atoms with Crippen molar-refractivity contribution in [2.45, 2.75) is 20.3 Å². The molecule has 3 aromatic rings. The summed E-state index contributed by atoms with van der Waals surface area (Å²) >= 11 is 0. The van der Waals surface area contributed by atoms with E-state index >= 15 is 0 Å². The Kier molecular flexibility index (Phi) is 3.48. The maximum absolute atomic E-state index is 9.60. The van der Waals surface area contributed by atoms with Gasteiger partial charge < -0.3 is 10.4 Å². The first-order valence-electron chi connectivity index (χ1n) is 7.12. The van der Waals surface area contributed by atoms with Gasteiger partial charge in [-0.2, -0.15) is 0 Å². The Morgan fingerprint density at radius 3 is 2.52 bits per heavy atom. The lowest BCUT2D eigenvalue weighted by atomic mass is 10.1. The van der Waals surface area contributed by atoms with Gasteiger partial charge in [-0.25, -0.2) is 4.98 Å². The average molecular weight is 278 g/mol. The Balaban J connectivity index is 1.96. The highest BCUT2D eigenvalue weighted by atomic mass is 16.3. The maximum atomic E-state index is 9.60. The minimum Gasteiger partial charge on any atom is -0.508 e. The number of aryl methyl sites for hydroxylation is 2. The SMILES string of the molecule is CCc1ccc(Nc2cc(C)c3ccc(O)cc3n2)cc1. The zero-order valence-corrected chi connectivity index (χ0v) is 12.2. The van der Waals surface area contributed by atoms with Crippen LogP contribution in [-0.2, 0) is 6.42 Å². The molecule has 2 N–H and O–H groups in total. The molecule has 0 aliphatic rings. The molecule has 3 heteroatoms. The van der Waals surface area contributed by atoms with Gasteiger partial charge in [-0.05, 0) is 54.8 Å². The summed E-state index contributed by atoms with van der Waals surface area (Å²) in [5, 5.41) is 14.0. The van der Waals surface area contributed by atoms with Gasteiger partial charge in [0.1, 0.15) is 11.6 Å². The van der Waals surface area contributed by atoms with Crippen LogP contribution < -0.4 is 5.32 Å². The van der Waals surface area contributed by atoms with E-state index in [0.717, 1.165) is 34.4 Å². The summed E-state index contributed by atoms with van der Waals surface area (Å²) < 4.78 is 0. The number of hydrogen-bond donors (Lipinski definition) is 2. The summed E-state index contributed by atoms with van der Waals surface area (Å²) in [4.78, 5) is 4.56. The Hall–Kier alpha value is -2.55. The molecule has 0 saturated carbocycles. The van der Waals surface area contributed by atoms with Crippen molar-refractivity contribution in [3.8, 4) is 5.75 Å². The smallest absolute Gasteiger partial charge is 0.131 e. The van der Waals surface area contributed by atoms with Crippen molar-refractivity contribution in [2.24, 2.45) is 0 Å². The maximum Gasteiger partial charge on any atom is 0.131 e. The lowest BCUT2D eigenvalue weighted by Crippen LogP contribution is -1.95. The van der Waals surface area contributed by atoms with Gasteiger partial charge in [0, 0.05) is 17.1 Å². The minimum atomic E-state index is 0.235. The number of rotatable bonds is 3. The van der Waals surface area contributed by atoms with Gasteiger partial charge in [0.15, 0.2) is 0 Å². The molecule has 21 heavy (non-hydrogen) atoms. The van der Waals surface area contributed by atoms with Crippen LogP contribution in [0.4, 0.5) is 11.5 Å². The molecule has 0 saturated heterocycles. The van der Waals surface area contributed by atoms with Gasteiger partial charge in [-0.3, -0.25) is 0 Å². The normalized spacial score (nSPS) is 10.8. The van der Waals surface area contributed by atoms with Crippen molar-refractivity contribution >= 4 is 22.4 Å². The zero-order chi connectivity index (χ0) is 14.8. The summed E-state index contributed by atoms with van der Waals surface area (Å²) in [6.45, 7) is 4.19. The number of nitrogens with one attached hydrogen (secondary N) is 1. The van der Waals surface area contributed by atoms with Crippen molar-refractivity contribution < 1.29 is 5.11 Å². The highest BCUT2D eigenvalue weighted by Gasteiger charge is 2.04. The molecule has 0 aliphatic heterocycles. The van der Waals surface area contributed by atoms with E-state index in [4.69, 9.17) is 0 Å². The van der Waals surface area contributed by atoms with E-state index in [0.29, 0.717) is 0 Å². The van der Waals surface area contributed by atoms with E-state index in [-0.39, 0.29) is 5.75 Å². The Morgan fingerprint density at radius 2 is 1.81 bits per heavy atom. The van der Waals surface area contributed by atoms with Crippen LogP contribution >= 0.6 is 0 Å². The van der Waals surface area contributed by atoms with Gasteiger partial charge in [-0.15, -0.1) is 0 Å². The highest BCUT2D eigenvalue weighted by molar-refractivity contribution is 5.85. The van der Waals surface area contributed by atoms with Gasteiger partial charge in [0.25, 0.3) is 0 Å². The molecule has 2 aromatic carbocycles. The molecular formula is C18H18N2O. The van der Waals surface area contributed by atoms with Gasteiger partial charge in [-0.1, -0.05) is 19.1 Å². The Bertz CT molecular complexity index is 779. The van der Waals surface area contributed by atoms with Crippen LogP contribution in [0, 0.1) is 6.92 Å². The second-order valence-corrected chi connectivity index (χ2v) is 5.20. The standard InChI is InChI=1S/C18H18N2O/c1-3-13-4-6-14(7-5-13)19-18-10-12(2)16-9-8-15(21)11-17(16)20-18/h4-11,21H,3H2,1-2H3,(H,19,20). The molecular weight excluding hydrogens is 260 g/mol. The van der Waals surface area contributed by atoms with E-state index < -0.39 is 0 Å². The fourth-order valence-corrected chi connectivity index (χ4v) is 2.43. The molecule has 3 nitrogen and oxygen atoms in total. The van der Waals surface area contributed by atoms with Crippen LogP contribution in [0.5, 0.6) is 5.75 Å². The number of aromatic nitrogens is 1. The van der Waals surface area contributed by atoms with Crippen LogP contribution in [0.25, 0.3) is 10.9 Å². The second kappa shape index (κ2) is 5.44. The molecule has 1 aromatic heterocycles. The van der Waals surface area contributed by atoms with Crippen molar-refractivity contribution in [2.75, 3.05) is 5.32 Å². The number of anilines is 2. The Morgan fingerprint density at radius 1 is 1.05 bits per heavy atom. The first kappa shape index (κ1) is 13.4. The highest BCUT2D eigenvalue weighted by Crippen LogP contribution is 2.25. The summed E-state index contributed by atoms with van der Waals surface area (Å²) in [7, 11) is 0. The van der Waals surface area contributed by atoms with Gasteiger partial charge in [0.05, 0.1) is 5.52 Å². The molecule has 0 spiro atoms. The molecule has 0 unspecified atom stereocenters. The zero-order valence-electron chi connectivity index (χ0n) is 12.2. The van der Waals surface area contributed by atoms with Crippen molar-refractivity contribution in [3.63, 3.8) is 0 Å². The van der Waals surface area contributed by atoms with Gasteiger partial charge >= 0.3 is 0 Å². The lowest BCUT2D eigenvalue weighted by Gasteiger charge is -2.10. The van der Waals surface area contributed by atoms with E-state index in [2.05, 4.69) is 41.5 Å². The second-order valence-electron chi connectivity index (χ2n) is 5.20. The average Bonchev–Trinajstić information content (AvgIpc) is 2.47. The fraction of sp³-hybridized carbons (Fsp3) is 0.167. The van der Waals surface area contributed by atoms with E-state index in [1.54, 1.807) is 12.1 Å². The van der Waals surface area contributed by atoms with Gasteiger partial charge in [0.2, 0.25) is 0 Å². The molecule has 0 fully saturated rings. The predicted molar refractivity (Wildman–Crippen MR) is 87.2 cm³/mol. The number of fused-ring (bicyclic) bond motifs is 1. The van der Waals surface area contributed by atoms with Crippen LogP contribution in [0.2, 0.25) is 0 Å². The van der Waals surface area contributed by atoms with E-state index in [9.17, 15) is 5.11 Å². The number of hydrogen-bond acceptors (Lipinski definition) is 3. The lowest BCUT2D eigenvalue weighted by molar-refractivity contribution is 0.476. The molecule has 0 radical (unpaired) electrons.